The lowest BCUT2D eigenvalue weighted by atomic mass is 10.0. The predicted molar refractivity (Wildman–Crippen MR) is 80.0 cm³/mol. The average Bonchev–Trinajstić information content (AvgIpc) is 2.46. The quantitative estimate of drug-likeness (QED) is 0.926. The monoisotopic (exact) mass is 290 g/mol. The molecule has 0 aliphatic carbocycles. The van der Waals surface area contributed by atoms with Gasteiger partial charge in [-0.2, -0.15) is 0 Å². The van der Waals surface area contributed by atoms with E-state index in [0.29, 0.717) is 19.6 Å². The number of carboxylic acids is 1. The molecule has 2 rings (SSSR count). The summed E-state index contributed by atoms with van der Waals surface area (Å²) in [6.07, 6.45) is 0.830. The maximum atomic E-state index is 12.6. The number of carbonyl (C=O) groups excluding carboxylic acids is 1. The van der Waals surface area contributed by atoms with Crippen LogP contribution < -0.4 is 0 Å². The number of rotatable bonds is 4. The van der Waals surface area contributed by atoms with Crippen LogP contribution in [-0.2, 0) is 17.8 Å². The van der Waals surface area contributed by atoms with Crippen molar-refractivity contribution in [2.75, 3.05) is 13.1 Å². The fourth-order valence-electron chi connectivity index (χ4n) is 2.84. The van der Waals surface area contributed by atoms with Crippen molar-refractivity contribution in [1.82, 2.24) is 9.80 Å². The summed E-state index contributed by atoms with van der Waals surface area (Å²) in [5.41, 5.74) is 2.47. The van der Waals surface area contributed by atoms with Crippen molar-refractivity contribution in [2.45, 2.75) is 39.3 Å². The highest BCUT2D eigenvalue weighted by Gasteiger charge is 2.27. The van der Waals surface area contributed by atoms with E-state index in [1.54, 1.807) is 11.8 Å². The van der Waals surface area contributed by atoms with Gasteiger partial charge in [0.2, 0.25) is 0 Å². The van der Waals surface area contributed by atoms with Gasteiger partial charge >= 0.3 is 12.0 Å². The molecule has 0 saturated heterocycles. The minimum Gasteiger partial charge on any atom is -0.481 e. The molecular weight excluding hydrogens is 268 g/mol. The number of carboxylic acid groups (broad SMARTS) is 1. The van der Waals surface area contributed by atoms with Crippen LogP contribution in [0.5, 0.6) is 0 Å². The molecule has 0 radical (unpaired) electrons. The summed E-state index contributed by atoms with van der Waals surface area (Å²) in [5.74, 6) is -0.877. The van der Waals surface area contributed by atoms with Gasteiger partial charge in [-0.15, -0.1) is 0 Å². The van der Waals surface area contributed by atoms with Gasteiger partial charge in [0.1, 0.15) is 0 Å². The topological polar surface area (TPSA) is 60.9 Å². The standard InChI is InChI=1S/C16H22N2O3/c1-3-18(12(2)10-15(19)20)16(21)17-9-8-13-6-4-5-7-14(13)11-17/h4-7,12H,3,8-11H2,1-2H3,(H,19,20). The Morgan fingerprint density at radius 3 is 2.62 bits per heavy atom. The summed E-state index contributed by atoms with van der Waals surface area (Å²) in [7, 11) is 0. The van der Waals surface area contributed by atoms with Gasteiger partial charge in [-0.1, -0.05) is 24.3 Å². The molecule has 1 aliphatic rings. The molecule has 1 aromatic carbocycles. The summed E-state index contributed by atoms with van der Waals surface area (Å²) in [5, 5.41) is 8.90. The minimum atomic E-state index is -0.877. The molecule has 1 N–H and O–H groups in total. The van der Waals surface area contributed by atoms with Gasteiger partial charge in [0.15, 0.2) is 0 Å². The van der Waals surface area contributed by atoms with E-state index in [1.807, 2.05) is 30.0 Å². The zero-order chi connectivity index (χ0) is 15.4. The van der Waals surface area contributed by atoms with Crippen molar-refractivity contribution in [3.63, 3.8) is 0 Å². The second kappa shape index (κ2) is 6.61. The van der Waals surface area contributed by atoms with Crippen LogP contribution in [0.2, 0.25) is 0 Å². The maximum Gasteiger partial charge on any atom is 0.320 e. The summed E-state index contributed by atoms with van der Waals surface area (Å²) in [4.78, 5) is 26.9. The van der Waals surface area contributed by atoms with Gasteiger partial charge in [0.05, 0.1) is 6.42 Å². The Bertz CT molecular complexity index is 530. The first kappa shape index (κ1) is 15.4. The number of nitrogens with zero attached hydrogens (tertiary/aromatic N) is 2. The molecule has 1 aliphatic heterocycles. The second-order valence-corrected chi connectivity index (χ2v) is 5.46. The van der Waals surface area contributed by atoms with E-state index in [0.717, 1.165) is 6.42 Å². The normalized spacial score (nSPS) is 15.2. The molecule has 0 fully saturated rings. The molecule has 0 bridgehead atoms. The molecule has 5 nitrogen and oxygen atoms in total. The van der Waals surface area contributed by atoms with E-state index >= 15 is 0 Å². The van der Waals surface area contributed by atoms with Crippen molar-refractivity contribution in [1.29, 1.82) is 0 Å². The SMILES string of the molecule is CCN(C(=O)N1CCc2ccccc2C1)C(C)CC(=O)O. The molecule has 1 atom stereocenters. The third-order valence-electron chi connectivity index (χ3n) is 3.99. The molecule has 2 amide bonds. The molecule has 0 aromatic heterocycles. The van der Waals surface area contributed by atoms with Crippen molar-refractivity contribution in [3.05, 3.63) is 35.4 Å². The highest BCUT2D eigenvalue weighted by molar-refractivity contribution is 5.76. The van der Waals surface area contributed by atoms with E-state index in [4.69, 9.17) is 5.11 Å². The second-order valence-electron chi connectivity index (χ2n) is 5.46. The number of aliphatic carboxylic acids is 1. The van der Waals surface area contributed by atoms with E-state index in [-0.39, 0.29) is 18.5 Å². The van der Waals surface area contributed by atoms with E-state index in [1.165, 1.54) is 11.1 Å². The van der Waals surface area contributed by atoms with Crippen LogP contribution in [0.1, 0.15) is 31.4 Å². The summed E-state index contributed by atoms with van der Waals surface area (Å²) < 4.78 is 0. The lowest BCUT2D eigenvalue weighted by Crippen LogP contribution is -2.49. The Morgan fingerprint density at radius 2 is 2.00 bits per heavy atom. The van der Waals surface area contributed by atoms with Crippen LogP contribution in [0.25, 0.3) is 0 Å². The summed E-state index contributed by atoms with van der Waals surface area (Å²) >= 11 is 0. The van der Waals surface area contributed by atoms with Crippen LogP contribution >= 0.6 is 0 Å². The van der Waals surface area contributed by atoms with Crippen molar-refractivity contribution in [2.24, 2.45) is 0 Å². The largest absolute Gasteiger partial charge is 0.481 e. The Kier molecular flexibility index (Phi) is 4.83. The number of carbonyl (C=O) groups is 2. The van der Waals surface area contributed by atoms with Crippen LogP contribution in [-0.4, -0.2) is 46.0 Å². The highest BCUT2D eigenvalue weighted by atomic mass is 16.4. The molecule has 21 heavy (non-hydrogen) atoms. The molecule has 0 spiro atoms. The van der Waals surface area contributed by atoms with E-state index in [2.05, 4.69) is 6.07 Å². The Labute approximate surface area is 125 Å². The predicted octanol–water partition coefficient (Wildman–Crippen LogP) is 2.35. The fraction of sp³-hybridized carbons (Fsp3) is 0.500. The van der Waals surface area contributed by atoms with Gasteiger partial charge in [-0.05, 0) is 31.4 Å². The molecule has 114 valence electrons. The van der Waals surface area contributed by atoms with E-state index < -0.39 is 5.97 Å². The van der Waals surface area contributed by atoms with Crippen molar-refractivity contribution >= 4 is 12.0 Å². The smallest absolute Gasteiger partial charge is 0.320 e. The number of amides is 2. The molecule has 5 heteroatoms. The molecule has 1 unspecified atom stereocenters. The first-order valence-corrected chi connectivity index (χ1v) is 7.37. The third kappa shape index (κ3) is 3.54. The first-order chi connectivity index (χ1) is 10.0. The average molecular weight is 290 g/mol. The Balaban J connectivity index is 2.07. The molecule has 1 aromatic rings. The minimum absolute atomic E-state index is 0.0238. The Morgan fingerprint density at radius 1 is 1.33 bits per heavy atom. The summed E-state index contributed by atoms with van der Waals surface area (Å²) in [6, 6.07) is 7.78. The first-order valence-electron chi connectivity index (χ1n) is 7.37. The number of hydrogen-bond acceptors (Lipinski definition) is 2. The highest BCUT2D eigenvalue weighted by Crippen LogP contribution is 2.20. The third-order valence-corrected chi connectivity index (χ3v) is 3.99. The van der Waals surface area contributed by atoms with Crippen molar-refractivity contribution < 1.29 is 14.7 Å². The van der Waals surface area contributed by atoms with Crippen molar-refractivity contribution in [3.8, 4) is 0 Å². The number of benzene rings is 1. The summed E-state index contributed by atoms with van der Waals surface area (Å²) in [6.45, 7) is 5.48. The van der Waals surface area contributed by atoms with Gasteiger partial charge in [0, 0.05) is 25.7 Å². The lowest BCUT2D eigenvalue weighted by molar-refractivity contribution is -0.138. The molecular formula is C16H22N2O3. The van der Waals surface area contributed by atoms with Crippen LogP contribution in [0.4, 0.5) is 4.79 Å². The lowest BCUT2D eigenvalue weighted by Gasteiger charge is -2.36. The molecule has 1 heterocycles. The maximum absolute atomic E-state index is 12.6. The number of urea groups is 1. The van der Waals surface area contributed by atoms with Gasteiger partial charge in [-0.3, -0.25) is 4.79 Å². The van der Waals surface area contributed by atoms with Gasteiger partial charge in [0.25, 0.3) is 0 Å². The Hall–Kier alpha value is -2.04. The fourth-order valence-corrected chi connectivity index (χ4v) is 2.84. The van der Waals surface area contributed by atoms with Gasteiger partial charge in [-0.25, -0.2) is 4.79 Å². The number of hydrogen-bond donors (Lipinski definition) is 1. The van der Waals surface area contributed by atoms with Crippen LogP contribution in [0.3, 0.4) is 0 Å². The number of fused-ring (bicyclic) bond motifs is 1. The van der Waals surface area contributed by atoms with Crippen LogP contribution in [0, 0.1) is 0 Å². The van der Waals surface area contributed by atoms with Gasteiger partial charge < -0.3 is 14.9 Å². The van der Waals surface area contributed by atoms with Crippen LogP contribution in [0.15, 0.2) is 24.3 Å². The zero-order valence-electron chi connectivity index (χ0n) is 12.6. The zero-order valence-corrected chi connectivity index (χ0v) is 12.6. The molecule has 0 saturated carbocycles. The van der Waals surface area contributed by atoms with E-state index in [9.17, 15) is 9.59 Å².